The van der Waals surface area contributed by atoms with E-state index in [1.807, 2.05) is 42.5 Å². The van der Waals surface area contributed by atoms with Gasteiger partial charge in [0.05, 0.1) is 17.6 Å². The van der Waals surface area contributed by atoms with E-state index in [2.05, 4.69) is 9.97 Å². The molecule has 120 valence electrons. The van der Waals surface area contributed by atoms with Gasteiger partial charge in [-0.2, -0.15) is 0 Å². The zero-order valence-electron chi connectivity index (χ0n) is 12.4. The van der Waals surface area contributed by atoms with Gasteiger partial charge in [-0.25, -0.2) is 4.98 Å². The molecule has 6 heteroatoms. The smallest absolute Gasteiger partial charge is 0.166 e. The highest BCUT2D eigenvalue weighted by molar-refractivity contribution is 7.99. The Balaban J connectivity index is 1.38. The summed E-state index contributed by atoms with van der Waals surface area (Å²) in [6, 6.07) is 13.1. The van der Waals surface area contributed by atoms with Crippen LogP contribution >= 0.6 is 35.0 Å². The topological polar surface area (TPSA) is 37.9 Å². The molecule has 2 aromatic carbocycles. The van der Waals surface area contributed by atoms with Crippen molar-refractivity contribution in [3.63, 3.8) is 0 Å². The highest BCUT2D eigenvalue weighted by atomic mass is 35.5. The third-order valence-electron chi connectivity index (χ3n) is 3.28. The van der Waals surface area contributed by atoms with Crippen LogP contribution in [0, 0.1) is 0 Å². The molecule has 0 atom stereocenters. The minimum atomic E-state index is 0.706. The third-order valence-corrected chi connectivity index (χ3v) is 4.73. The SMILES string of the molecule is Clc1ccc(OCCCCSc2nc3ccc(Cl)cc3[nH]2)cc1. The van der Waals surface area contributed by atoms with E-state index in [0.29, 0.717) is 6.61 Å². The molecule has 0 aliphatic carbocycles. The predicted molar refractivity (Wildman–Crippen MR) is 98.0 cm³/mol. The summed E-state index contributed by atoms with van der Waals surface area (Å²) in [6.07, 6.45) is 2.07. The maximum absolute atomic E-state index is 5.97. The Morgan fingerprint density at radius 3 is 2.61 bits per heavy atom. The number of nitrogens with zero attached hydrogens (tertiary/aromatic N) is 1. The first-order chi connectivity index (χ1) is 11.2. The molecule has 0 saturated heterocycles. The van der Waals surface area contributed by atoms with Gasteiger partial charge < -0.3 is 9.72 Å². The first-order valence-corrected chi connectivity index (χ1v) is 9.11. The molecule has 0 amide bonds. The number of rotatable bonds is 7. The standard InChI is InChI=1S/C17H16Cl2N2OS/c18-12-3-6-14(7-4-12)22-9-1-2-10-23-17-20-15-8-5-13(19)11-16(15)21-17/h3-8,11H,1-2,9-10H2,(H,20,21). The van der Waals surface area contributed by atoms with Crippen LogP contribution < -0.4 is 4.74 Å². The molecule has 0 spiro atoms. The number of fused-ring (bicyclic) bond motifs is 1. The molecular formula is C17H16Cl2N2OS. The van der Waals surface area contributed by atoms with Crippen LogP contribution in [0.25, 0.3) is 11.0 Å². The fourth-order valence-corrected chi connectivity index (χ4v) is 3.31. The lowest BCUT2D eigenvalue weighted by Gasteiger charge is -2.05. The molecule has 0 aliphatic rings. The molecule has 0 bridgehead atoms. The quantitative estimate of drug-likeness (QED) is 0.422. The Morgan fingerprint density at radius 2 is 1.78 bits per heavy atom. The first kappa shape index (κ1) is 16.5. The second-order valence-electron chi connectivity index (χ2n) is 5.06. The molecule has 23 heavy (non-hydrogen) atoms. The van der Waals surface area contributed by atoms with Gasteiger partial charge in [0.15, 0.2) is 5.16 Å². The predicted octanol–water partition coefficient (Wildman–Crippen LogP) is 5.82. The second-order valence-corrected chi connectivity index (χ2v) is 7.02. The molecule has 0 unspecified atom stereocenters. The Bertz CT molecular complexity index is 774. The van der Waals surface area contributed by atoms with Gasteiger partial charge >= 0.3 is 0 Å². The Hall–Kier alpha value is -1.36. The molecule has 0 aliphatic heterocycles. The van der Waals surface area contributed by atoms with E-state index in [-0.39, 0.29) is 0 Å². The number of ether oxygens (including phenoxy) is 1. The zero-order valence-corrected chi connectivity index (χ0v) is 14.7. The number of aromatic nitrogens is 2. The molecule has 3 nitrogen and oxygen atoms in total. The zero-order chi connectivity index (χ0) is 16.1. The number of thioether (sulfide) groups is 1. The Labute approximate surface area is 149 Å². The maximum atomic E-state index is 5.97. The number of halogens is 2. The number of aromatic amines is 1. The summed E-state index contributed by atoms with van der Waals surface area (Å²) in [4.78, 5) is 7.81. The van der Waals surface area contributed by atoms with Crippen LogP contribution in [0.2, 0.25) is 10.0 Å². The molecule has 3 aromatic rings. The first-order valence-electron chi connectivity index (χ1n) is 7.37. The monoisotopic (exact) mass is 366 g/mol. The number of unbranched alkanes of at least 4 members (excludes halogenated alkanes) is 1. The second kappa shape index (κ2) is 7.95. The van der Waals surface area contributed by atoms with Gasteiger partial charge in [0.25, 0.3) is 0 Å². The average molecular weight is 367 g/mol. The average Bonchev–Trinajstić information content (AvgIpc) is 2.94. The van der Waals surface area contributed by atoms with Crippen LogP contribution in [-0.4, -0.2) is 22.3 Å². The van der Waals surface area contributed by atoms with Crippen LogP contribution in [0.15, 0.2) is 47.6 Å². The normalized spacial score (nSPS) is 11.0. The number of benzene rings is 2. The van der Waals surface area contributed by atoms with Gasteiger partial charge in [-0.1, -0.05) is 35.0 Å². The van der Waals surface area contributed by atoms with Gasteiger partial charge in [-0.15, -0.1) is 0 Å². The van der Waals surface area contributed by atoms with Crippen molar-refractivity contribution in [1.29, 1.82) is 0 Å². The Morgan fingerprint density at radius 1 is 1.00 bits per heavy atom. The van der Waals surface area contributed by atoms with Crippen molar-refractivity contribution in [2.45, 2.75) is 18.0 Å². The van der Waals surface area contributed by atoms with Gasteiger partial charge in [0.1, 0.15) is 5.75 Å². The fraction of sp³-hybridized carbons (Fsp3) is 0.235. The van der Waals surface area contributed by atoms with E-state index in [1.165, 1.54) is 0 Å². The number of hydrogen-bond acceptors (Lipinski definition) is 3. The number of imidazole rings is 1. The van der Waals surface area contributed by atoms with Crippen molar-refractivity contribution >= 4 is 46.0 Å². The van der Waals surface area contributed by atoms with Crippen molar-refractivity contribution in [3.8, 4) is 5.75 Å². The maximum Gasteiger partial charge on any atom is 0.166 e. The lowest BCUT2D eigenvalue weighted by atomic mass is 10.3. The van der Waals surface area contributed by atoms with Crippen molar-refractivity contribution < 1.29 is 4.74 Å². The van der Waals surface area contributed by atoms with Crippen LogP contribution in [0.3, 0.4) is 0 Å². The van der Waals surface area contributed by atoms with E-state index < -0.39 is 0 Å². The molecule has 1 heterocycles. The molecule has 0 fully saturated rings. The minimum absolute atomic E-state index is 0.706. The largest absolute Gasteiger partial charge is 0.494 e. The summed E-state index contributed by atoms with van der Waals surface area (Å²) in [7, 11) is 0. The summed E-state index contributed by atoms with van der Waals surface area (Å²) in [6.45, 7) is 0.706. The summed E-state index contributed by atoms with van der Waals surface area (Å²) in [5, 5.41) is 2.37. The third kappa shape index (κ3) is 4.80. The highest BCUT2D eigenvalue weighted by Gasteiger charge is 2.03. The Kier molecular flexibility index (Phi) is 5.70. The van der Waals surface area contributed by atoms with Crippen LogP contribution in [0.1, 0.15) is 12.8 Å². The molecule has 0 radical (unpaired) electrons. The van der Waals surface area contributed by atoms with Crippen molar-refractivity contribution in [3.05, 3.63) is 52.5 Å². The molecule has 1 N–H and O–H groups in total. The molecule has 1 aromatic heterocycles. The lowest BCUT2D eigenvalue weighted by molar-refractivity contribution is 0.310. The fourth-order valence-electron chi connectivity index (χ4n) is 2.12. The number of H-pyrrole nitrogens is 1. The summed E-state index contributed by atoms with van der Waals surface area (Å²) in [5.74, 6) is 1.86. The van der Waals surface area contributed by atoms with E-state index in [9.17, 15) is 0 Å². The van der Waals surface area contributed by atoms with Gasteiger partial charge in [-0.05, 0) is 55.3 Å². The van der Waals surface area contributed by atoms with E-state index in [1.54, 1.807) is 11.8 Å². The molecule has 0 saturated carbocycles. The molecule has 3 rings (SSSR count). The van der Waals surface area contributed by atoms with Gasteiger partial charge in [-0.3, -0.25) is 0 Å². The van der Waals surface area contributed by atoms with E-state index >= 15 is 0 Å². The van der Waals surface area contributed by atoms with Crippen LogP contribution in [0.4, 0.5) is 0 Å². The minimum Gasteiger partial charge on any atom is -0.494 e. The highest BCUT2D eigenvalue weighted by Crippen LogP contribution is 2.23. The summed E-state index contributed by atoms with van der Waals surface area (Å²) in [5.41, 5.74) is 1.93. The summed E-state index contributed by atoms with van der Waals surface area (Å²) >= 11 is 13.5. The van der Waals surface area contributed by atoms with Crippen molar-refractivity contribution in [1.82, 2.24) is 9.97 Å². The summed E-state index contributed by atoms with van der Waals surface area (Å²) < 4.78 is 5.67. The van der Waals surface area contributed by atoms with Crippen LogP contribution in [0.5, 0.6) is 5.75 Å². The van der Waals surface area contributed by atoms with Gasteiger partial charge in [0, 0.05) is 15.8 Å². The van der Waals surface area contributed by atoms with E-state index in [0.717, 1.165) is 50.6 Å². The molecular weight excluding hydrogens is 351 g/mol. The van der Waals surface area contributed by atoms with Crippen molar-refractivity contribution in [2.24, 2.45) is 0 Å². The number of hydrogen-bond donors (Lipinski definition) is 1. The van der Waals surface area contributed by atoms with Crippen molar-refractivity contribution in [2.75, 3.05) is 12.4 Å². The van der Waals surface area contributed by atoms with Crippen LogP contribution in [-0.2, 0) is 0 Å². The lowest BCUT2D eigenvalue weighted by Crippen LogP contribution is -1.97. The van der Waals surface area contributed by atoms with E-state index in [4.69, 9.17) is 27.9 Å². The number of nitrogens with one attached hydrogen (secondary N) is 1. The van der Waals surface area contributed by atoms with Gasteiger partial charge in [0.2, 0.25) is 0 Å².